The van der Waals surface area contributed by atoms with Crippen LogP contribution < -0.4 is 5.32 Å². The number of thioether (sulfide) groups is 1. The van der Waals surface area contributed by atoms with Gasteiger partial charge in [-0.15, -0.1) is 0 Å². The van der Waals surface area contributed by atoms with Gasteiger partial charge in [0.25, 0.3) is 0 Å². The number of imidazole rings is 1. The van der Waals surface area contributed by atoms with Crippen molar-refractivity contribution in [2.45, 2.75) is 24.1 Å². The minimum Gasteiger partial charge on any atom is -0.318 e. The third kappa shape index (κ3) is 3.27. The number of nitrogens with one attached hydrogen (secondary N) is 1. The Hall–Kier alpha value is -2.37. The highest BCUT2D eigenvalue weighted by molar-refractivity contribution is 8.01. The van der Waals surface area contributed by atoms with Gasteiger partial charge in [-0.25, -0.2) is 9.97 Å². The van der Waals surface area contributed by atoms with E-state index in [1.54, 1.807) is 6.33 Å². The predicted octanol–water partition coefficient (Wildman–Crippen LogP) is 3.62. The fourth-order valence-electron chi connectivity index (χ4n) is 2.29. The third-order valence-electron chi connectivity index (χ3n) is 3.53. The standard InChI is InChI=1S/C16H15N5OS2/c1-10-15(23-8-7-17)24-16(19-10)20-14(22)11(2)21-9-18-12-5-3-4-6-13(12)21/h3-6,9,11H,8H2,1-2H3,(H,19,20,22). The summed E-state index contributed by atoms with van der Waals surface area (Å²) in [7, 11) is 0. The largest absolute Gasteiger partial charge is 0.318 e. The SMILES string of the molecule is Cc1nc(NC(=O)C(C)n2cnc3ccccc32)sc1SCC#N. The van der Waals surface area contributed by atoms with Gasteiger partial charge in [0, 0.05) is 0 Å². The van der Waals surface area contributed by atoms with Crippen molar-refractivity contribution in [3.63, 3.8) is 0 Å². The zero-order valence-electron chi connectivity index (χ0n) is 13.2. The van der Waals surface area contributed by atoms with Crippen molar-refractivity contribution in [1.82, 2.24) is 14.5 Å². The van der Waals surface area contributed by atoms with Crippen molar-refractivity contribution in [1.29, 1.82) is 5.26 Å². The molecule has 2 aromatic heterocycles. The van der Waals surface area contributed by atoms with Gasteiger partial charge < -0.3 is 9.88 Å². The van der Waals surface area contributed by atoms with Gasteiger partial charge in [0.05, 0.1) is 39.1 Å². The van der Waals surface area contributed by atoms with Crippen LogP contribution in [0.15, 0.2) is 34.8 Å². The molecular weight excluding hydrogens is 342 g/mol. The predicted molar refractivity (Wildman–Crippen MR) is 96.3 cm³/mol. The van der Waals surface area contributed by atoms with Crippen LogP contribution in [0, 0.1) is 18.3 Å². The molecule has 8 heteroatoms. The Labute approximate surface area is 147 Å². The van der Waals surface area contributed by atoms with Crippen molar-refractivity contribution in [3.05, 3.63) is 36.3 Å². The molecule has 24 heavy (non-hydrogen) atoms. The second-order valence-electron chi connectivity index (χ2n) is 5.14. The van der Waals surface area contributed by atoms with E-state index < -0.39 is 6.04 Å². The monoisotopic (exact) mass is 357 g/mol. The molecule has 0 radical (unpaired) electrons. The van der Waals surface area contributed by atoms with E-state index >= 15 is 0 Å². The summed E-state index contributed by atoms with van der Waals surface area (Å²) in [4.78, 5) is 21.2. The minimum atomic E-state index is -0.406. The number of nitriles is 1. The van der Waals surface area contributed by atoms with Gasteiger partial charge in [-0.3, -0.25) is 4.79 Å². The van der Waals surface area contributed by atoms with Gasteiger partial charge in [0.1, 0.15) is 6.04 Å². The first-order valence-corrected chi connectivity index (χ1v) is 9.10. The summed E-state index contributed by atoms with van der Waals surface area (Å²) in [5.74, 6) is 0.220. The maximum absolute atomic E-state index is 12.5. The number of rotatable bonds is 5. The Kier molecular flexibility index (Phi) is 4.83. The average Bonchev–Trinajstić information content (AvgIpc) is 3.15. The lowest BCUT2D eigenvalue weighted by Crippen LogP contribution is -2.23. The third-order valence-corrected chi connectivity index (χ3v) is 5.83. The summed E-state index contributed by atoms with van der Waals surface area (Å²) in [5, 5.41) is 12.1. The first-order chi connectivity index (χ1) is 11.6. The number of carbonyl (C=O) groups excluding carboxylic acids is 1. The van der Waals surface area contributed by atoms with Crippen LogP contribution in [-0.2, 0) is 4.79 Å². The molecule has 6 nitrogen and oxygen atoms in total. The van der Waals surface area contributed by atoms with Crippen molar-refractivity contribution < 1.29 is 4.79 Å². The van der Waals surface area contributed by atoms with Crippen LogP contribution in [0.5, 0.6) is 0 Å². The molecule has 0 saturated heterocycles. The van der Waals surface area contributed by atoms with E-state index in [-0.39, 0.29) is 5.91 Å². The second kappa shape index (κ2) is 7.03. The molecule has 0 spiro atoms. The lowest BCUT2D eigenvalue weighted by atomic mass is 10.2. The quantitative estimate of drug-likeness (QED) is 0.705. The number of para-hydroxylation sites is 2. The van der Waals surface area contributed by atoms with Crippen molar-refractivity contribution in [2.24, 2.45) is 0 Å². The lowest BCUT2D eigenvalue weighted by Gasteiger charge is -2.13. The van der Waals surface area contributed by atoms with Gasteiger partial charge in [-0.1, -0.05) is 35.2 Å². The van der Waals surface area contributed by atoms with Crippen LogP contribution in [0.1, 0.15) is 18.7 Å². The Morgan fingerprint density at radius 1 is 1.50 bits per heavy atom. The van der Waals surface area contributed by atoms with Gasteiger partial charge in [0.2, 0.25) is 5.91 Å². The Morgan fingerprint density at radius 3 is 3.08 bits per heavy atom. The number of anilines is 1. The summed E-state index contributed by atoms with van der Waals surface area (Å²) < 4.78 is 2.80. The zero-order chi connectivity index (χ0) is 17.1. The fraction of sp³-hybridized carbons (Fsp3) is 0.250. The topological polar surface area (TPSA) is 83.6 Å². The van der Waals surface area contributed by atoms with Gasteiger partial charge in [-0.05, 0) is 26.0 Å². The molecule has 1 atom stereocenters. The van der Waals surface area contributed by atoms with Gasteiger partial charge in [0.15, 0.2) is 5.13 Å². The average molecular weight is 357 g/mol. The van der Waals surface area contributed by atoms with Crippen LogP contribution >= 0.6 is 23.1 Å². The van der Waals surface area contributed by atoms with Crippen LogP contribution in [0.3, 0.4) is 0 Å². The molecular formula is C16H15N5OS2. The molecule has 1 N–H and O–H groups in total. The van der Waals surface area contributed by atoms with E-state index in [4.69, 9.17) is 5.26 Å². The maximum atomic E-state index is 12.5. The Balaban J connectivity index is 1.76. The number of thiazole rings is 1. The summed E-state index contributed by atoms with van der Waals surface area (Å²) in [6, 6.07) is 9.39. The molecule has 3 aromatic rings. The fourth-order valence-corrected chi connectivity index (χ4v) is 4.09. The van der Waals surface area contributed by atoms with E-state index in [1.807, 2.05) is 42.7 Å². The highest BCUT2D eigenvalue weighted by Crippen LogP contribution is 2.32. The molecule has 0 aliphatic rings. The number of amides is 1. The molecule has 0 saturated carbocycles. The van der Waals surface area contributed by atoms with Gasteiger partial charge in [-0.2, -0.15) is 5.26 Å². The van der Waals surface area contributed by atoms with Crippen LogP contribution in [0.25, 0.3) is 11.0 Å². The lowest BCUT2D eigenvalue weighted by molar-refractivity contribution is -0.118. The Bertz CT molecular complexity index is 924. The number of aromatic nitrogens is 3. The van der Waals surface area contributed by atoms with E-state index in [0.717, 1.165) is 20.9 Å². The molecule has 0 bridgehead atoms. The molecule has 0 fully saturated rings. The molecule has 122 valence electrons. The number of benzene rings is 1. The van der Waals surface area contributed by atoms with E-state index in [1.165, 1.54) is 23.1 Å². The van der Waals surface area contributed by atoms with E-state index in [9.17, 15) is 4.79 Å². The van der Waals surface area contributed by atoms with Crippen LogP contribution in [0.4, 0.5) is 5.13 Å². The van der Waals surface area contributed by atoms with E-state index in [2.05, 4.69) is 21.4 Å². The highest BCUT2D eigenvalue weighted by atomic mass is 32.2. The molecule has 2 heterocycles. The van der Waals surface area contributed by atoms with E-state index in [0.29, 0.717) is 10.9 Å². The number of carbonyl (C=O) groups is 1. The van der Waals surface area contributed by atoms with Crippen LogP contribution in [-0.4, -0.2) is 26.2 Å². The molecule has 0 aliphatic heterocycles. The maximum Gasteiger partial charge on any atom is 0.248 e. The number of hydrogen-bond donors (Lipinski definition) is 1. The highest BCUT2D eigenvalue weighted by Gasteiger charge is 2.19. The number of aryl methyl sites for hydroxylation is 1. The van der Waals surface area contributed by atoms with Crippen LogP contribution in [0.2, 0.25) is 0 Å². The summed E-state index contributed by atoms with van der Waals surface area (Å²) >= 11 is 2.82. The smallest absolute Gasteiger partial charge is 0.248 e. The first-order valence-electron chi connectivity index (χ1n) is 7.29. The molecule has 0 aliphatic carbocycles. The number of fused-ring (bicyclic) bond motifs is 1. The van der Waals surface area contributed by atoms with Crippen molar-refractivity contribution in [2.75, 3.05) is 11.1 Å². The molecule has 1 unspecified atom stereocenters. The van der Waals surface area contributed by atoms with Crippen molar-refractivity contribution >= 4 is 45.2 Å². The van der Waals surface area contributed by atoms with Crippen molar-refractivity contribution in [3.8, 4) is 6.07 Å². The second-order valence-corrected chi connectivity index (χ2v) is 7.39. The Morgan fingerprint density at radius 2 is 2.29 bits per heavy atom. The molecule has 1 aromatic carbocycles. The van der Waals surface area contributed by atoms with Gasteiger partial charge >= 0.3 is 0 Å². The summed E-state index contributed by atoms with van der Waals surface area (Å²) in [6.07, 6.45) is 1.68. The molecule has 3 rings (SSSR count). The number of hydrogen-bond acceptors (Lipinski definition) is 6. The summed E-state index contributed by atoms with van der Waals surface area (Å²) in [6.45, 7) is 3.70. The summed E-state index contributed by atoms with van der Waals surface area (Å²) in [5.41, 5.74) is 2.61. The zero-order valence-corrected chi connectivity index (χ0v) is 14.8. The first kappa shape index (κ1) is 16.5. The normalized spacial score (nSPS) is 12.0. The minimum absolute atomic E-state index is 0.149. The number of nitrogens with zero attached hydrogens (tertiary/aromatic N) is 4. The molecule has 1 amide bonds.